The van der Waals surface area contributed by atoms with Gasteiger partial charge in [0.05, 0.1) is 21.3 Å². The van der Waals surface area contributed by atoms with E-state index < -0.39 is 68.8 Å². The van der Waals surface area contributed by atoms with Gasteiger partial charge in [0.15, 0.2) is 0 Å². The quantitative estimate of drug-likeness (QED) is 0.0619. The Labute approximate surface area is 328 Å². The number of hydrogen-bond acceptors (Lipinski definition) is 10. The average molecular weight is 858 g/mol. The van der Waals surface area contributed by atoms with Crippen LogP contribution in [-0.2, 0) is 56.1 Å². The van der Waals surface area contributed by atoms with Crippen molar-refractivity contribution < 1.29 is 61.8 Å². The van der Waals surface area contributed by atoms with Crippen LogP contribution in [0.1, 0.15) is 88.8 Å². The van der Waals surface area contributed by atoms with Gasteiger partial charge in [-0.05, 0) is 96.3 Å². The zero-order chi connectivity index (χ0) is 41.9. The number of fused-ring (bicyclic) bond motifs is 2. The Bertz CT molecular complexity index is 2430. The molecule has 0 bridgehead atoms. The molecular formula is C37H47NO14S4. The summed E-state index contributed by atoms with van der Waals surface area (Å²) >= 11 is 0. The maximum Gasteiger partial charge on any atom is 0.303 e. The second-order valence-corrected chi connectivity index (χ2v) is 20.6. The lowest BCUT2D eigenvalue weighted by molar-refractivity contribution is -0.137. The number of unbranched alkanes of at least 4 members (excludes halogenated alkanes) is 2. The predicted molar refractivity (Wildman–Crippen MR) is 211 cm³/mol. The van der Waals surface area contributed by atoms with Crippen molar-refractivity contribution in [3.63, 3.8) is 0 Å². The minimum absolute atomic E-state index is 0.0223. The number of anilines is 1. The molecule has 2 aromatic carbocycles. The first kappa shape index (κ1) is 45.0. The van der Waals surface area contributed by atoms with Crippen molar-refractivity contribution in [3.05, 3.63) is 94.7 Å². The van der Waals surface area contributed by atoms with E-state index in [4.69, 9.17) is 5.11 Å². The normalized spacial score (nSPS) is 19.4. The van der Waals surface area contributed by atoms with E-state index in [9.17, 15) is 56.7 Å². The van der Waals surface area contributed by atoms with Gasteiger partial charge >= 0.3 is 5.97 Å². The molecule has 308 valence electrons. The van der Waals surface area contributed by atoms with Gasteiger partial charge in [0.25, 0.3) is 40.5 Å². The van der Waals surface area contributed by atoms with E-state index in [2.05, 4.69) is 0 Å². The van der Waals surface area contributed by atoms with Gasteiger partial charge in [-0.3, -0.25) is 23.0 Å². The number of benzene rings is 2. The first-order chi connectivity index (χ1) is 25.8. The van der Waals surface area contributed by atoms with Crippen molar-refractivity contribution in [1.29, 1.82) is 0 Å². The molecule has 1 aliphatic carbocycles. The smallest absolute Gasteiger partial charge is 0.303 e. The van der Waals surface area contributed by atoms with E-state index in [0.29, 0.717) is 59.3 Å². The summed E-state index contributed by atoms with van der Waals surface area (Å²) in [6.45, 7) is 5.70. The third-order valence-electron chi connectivity index (χ3n) is 10.2. The molecule has 1 unspecified atom stereocenters. The molecule has 2 aliphatic rings. The van der Waals surface area contributed by atoms with E-state index in [1.807, 2.05) is 20.8 Å². The van der Waals surface area contributed by atoms with E-state index in [0.717, 1.165) is 5.57 Å². The van der Waals surface area contributed by atoms with Gasteiger partial charge in [-0.2, -0.15) is 33.7 Å². The van der Waals surface area contributed by atoms with Crippen LogP contribution in [0.2, 0.25) is 0 Å². The molecule has 0 saturated heterocycles. The van der Waals surface area contributed by atoms with Crippen molar-refractivity contribution >= 4 is 57.7 Å². The highest BCUT2D eigenvalue weighted by atomic mass is 32.2. The summed E-state index contributed by atoms with van der Waals surface area (Å²) < 4.78 is 133. The predicted octanol–water partition coefficient (Wildman–Crippen LogP) is 5.98. The van der Waals surface area contributed by atoms with Crippen LogP contribution >= 0.6 is 0 Å². The zero-order valence-corrected chi connectivity index (χ0v) is 34.4. The van der Waals surface area contributed by atoms with Gasteiger partial charge in [-0.15, -0.1) is 0 Å². The fourth-order valence-electron chi connectivity index (χ4n) is 7.54. The minimum atomic E-state index is -4.59. The Balaban J connectivity index is 1.77. The molecule has 0 radical (unpaired) electrons. The Morgan fingerprint density at radius 1 is 0.714 bits per heavy atom. The molecule has 0 fully saturated rings. The van der Waals surface area contributed by atoms with Crippen molar-refractivity contribution in [3.8, 4) is 0 Å². The Hall–Kier alpha value is -3.69. The molecule has 1 aliphatic heterocycles. The number of nitrogens with zero attached hydrogens (tertiary/aromatic N) is 1. The highest BCUT2D eigenvalue weighted by Crippen LogP contribution is 2.52. The van der Waals surface area contributed by atoms with Crippen LogP contribution in [0.15, 0.2) is 87.8 Å². The van der Waals surface area contributed by atoms with Crippen molar-refractivity contribution in [2.75, 3.05) is 23.0 Å². The van der Waals surface area contributed by atoms with Crippen LogP contribution in [0.3, 0.4) is 0 Å². The van der Waals surface area contributed by atoms with E-state index in [-0.39, 0.29) is 42.0 Å². The van der Waals surface area contributed by atoms with Crippen molar-refractivity contribution in [1.82, 2.24) is 0 Å². The highest BCUT2D eigenvalue weighted by Gasteiger charge is 2.42. The van der Waals surface area contributed by atoms with Crippen LogP contribution in [0, 0.1) is 0 Å². The lowest BCUT2D eigenvalue weighted by Crippen LogP contribution is -2.28. The molecule has 56 heavy (non-hydrogen) atoms. The number of allylic oxidation sites excluding steroid dienone is 8. The van der Waals surface area contributed by atoms with E-state index >= 15 is 0 Å². The molecule has 0 amide bonds. The first-order valence-corrected chi connectivity index (χ1v) is 23.8. The van der Waals surface area contributed by atoms with E-state index in [1.165, 1.54) is 30.3 Å². The largest absolute Gasteiger partial charge is 0.481 e. The zero-order valence-electron chi connectivity index (χ0n) is 31.1. The minimum Gasteiger partial charge on any atom is -0.481 e. The topological polar surface area (TPSA) is 258 Å². The summed E-state index contributed by atoms with van der Waals surface area (Å²) in [4.78, 5) is 12.3. The lowest BCUT2D eigenvalue weighted by atomic mass is 9.74. The van der Waals surface area contributed by atoms with Gasteiger partial charge in [0, 0.05) is 35.2 Å². The molecule has 2 aromatic rings. The van der Waals surface area contributed by atoms with Crippen LogP contribution in [0.4, 0.5) is 5.69 Å². The summed E-state index contributed by atoms with van der Waals surface area (Å²) in [5.74, 6) is -1.96. The van der Waals surface area contributed by atoms with E-state index in [1.54, 1.807) is 41.3 Å². The summed E-state index contributed by atoms with van der Waals surface area (Å²) in [5.41, 5.74) is 2.75. The fourth-order valence-corrected chi connectivity index (χ4v) is 9.55. The maximum absolute atomic E-state index is 12.2. The van der Waals surface area contributed by atoms with Crippen molar-refractivity contribution in [2.24, 2.45) is 0 Å². The molecule has 1 atom stereocenters. The van der Waals surface area contributed by atoms with Crippen LogP contribution in [0.5, 0.6) is 0 Å². The molecular weight excluding hydrogens is 811 g/mol. The summed E-state index contributed by atoms with van der Waals surface area (Å²) in [5, 5.41) is 9.10. The molecule has 1 heterocycles. The van der Waals surface area contributed by atoms with Crippen molar-refractivity contribution in [2.45, 2.75) is 92.8 Å². The molecule has 19 heteroatoms. The van der Waals surface area contributed by atoms with Crippen LogP contribution in [0.25, 0.3) is 5.57 Å². The van der Waals surface area contributed by atoms with Gasteiger partial charge in [0.1, 0.15) is 0 Å². The van der Waals surface area contributed by atoms with Gasteiger partial charge in [-0.1, -0.05) is 64.0 Å². The summed E-state index contributed by atoms with van der Waals surface area (Å²) in [7, 11) is -17.7. The van der Waals surface area contributed by atoms with Gasteiger partial charge in [0.2, 0.25) is 0 Å². The number of carboxylic acids is 1. The average Bonchev–Trinajstić information content (AvgIpc) is 3.41. The number of carboxylic acid groups (broad SMARTS) is 1. The molecule has 0 spiro atoms. The Morgan fingerprint density at radius 3 is 1.89 bits per heavy atom. The third-order valence-corrected chi connectivity index (χ3v) is 13.5. The number of aliphatic carboxylic acids is 1. The summed E-state index contributed by atoms with van der Waals surface area (Å²) in [6, 6.07) is 8.30. The second-order valence-electron chi connectivity index (χ2n) is 14.6. The Morgan fingerprint density at radius 2 is 1.30 bits per heavy atom. The number of rotatable bonds is 19. The fraction of sp³-hybridized carbons (Fsp3) is 0.432. The number of hydrogen-bond donors (Lipinski definition) is 5. The maximum atomic E-state index is 12.2. The van der Waals surface area contributed by atoms with Gasteiger partial charge in [-0.25, -0.2) is 0 Å². The Kier molecular flexibility index (Phi) is 13.7. The first-order valence-electron chi connectivity index (χ1n) is 17.7. The molecule has 4 rings (SSSR count). The molecule has 0 saturated carbocycles. The molecule has 15 nitrogen and oxygen atoms in total. The third kappa shape index (κ3) is 11.0. The highest BCUT2D eigenvalue weighted by molar-refractivity contribution is 7.86. The van der Waals surface area contributed by atoms with Gasteiger partial charge < -0.3 is 10.0 Å². The second kappa shape index (κ2) is 17.0. The standard InChI is InChI=1S/C37H47NO14S4/c1-36(2)32-25-27(56(50,51)52)17-19-33(32)38(21-11-23-54(44,45)46)34(36)14-7-4-6-13-30-28(12-10-22-53(41,42)43)29-18-16-26(55(47,48)49)24-31(29)37(30,3)20-9-5-8-15-35(39)40/h4,6-7,13-14,16-19,24-25H,5,8-12,15,20-23H2,1-3H3,(H,39,40)(H,41,42,43)(H,44,45,46)(H,47,48,49)(H,50,51,52)/b7-4+,13-6+,34-14-. The summed E-state index contributed by atoms with van der Waals surface area (Å²) in [6.07, 6.45) is 10.9. The number of carbonyl (C=O) groups is 1. The van der Waals surface area contributed by atoms with Crippen LogP contribution in [-0.4, -0.2) is 81.0 Å². The van der Waals surface area contributed by atoms with Crippen LogP contribution < -0.4 is 4.90 Å². The molecule has 5 N–H and O–H groups in total. The SMILES string of the molecule is CC1(CCCCCC(=O)O)C(/C=C/C=C/C=C2\N(CCCS(=O)(=O)O)c3ccc(S(=O)(=O)O)cc3C2(C)C)=C(CCCS(=O)(=O)O)c2ccc(S(=O)(=O)O)cc21. The monoisotopic (exact) mass is 857 g/mol. The lowest BCUT2D eigenvalue weighted by Gasteiger charge is -2.29. The molecule has 0 aromatic heterocycles.